The molecule has 1 atom stereocenters. The summed E-state index contributed by atoms with van der Waals surface area (Å²) in [6.45, 7) is 0.706. The lowest BCUT2D eigenvalue weighted by Crippen LogP contribution is -2.29. The number of nitrogens with zero attached hydrogens (tertiary/aromatic N) is 2. The Morgan fingerprint density at radius 2 is 2.27 bits per heavy atom. The number of benzene rings is 1. The van der Waals surface area contributed by atoms with Gasteiger partial charge in [0.05, 0.1) is 17.2 Å². The Bertz CT molecular complexity index is 991. The predicted octanol–water partition coefficient (Wildman–Crippen LogP) is 3.52. The van der Waals surface area contributed by atoms with Crippen LogP contribution in [0.2, 0.25) is 0 Å². The number of aliphatic hydroxyl groups excluding tert-OH is 1. The van der Waals surface area contributed by atoms with Gasteiger partial charge in [-0.2, -0.15) is 0 Å². The summed E-state index contributed by atoms with van der Waals surface area (Å²) in [6, 6.07) is 6.44. The van der Waals surface area contributed by atoms with Crippen molar-refractivity contribution >= 4 is 50.8 Å². The van der Waals surface area contributed by atoms with E-state index in [0.717, 1.165) is 3.57 Å². The molecule has 2 N–H and O–H groups in total. The molecule has 1 fully saturated rings. The van der Waals surface area contributed by atoms with Crippen LogP contribution in [0.1, 0.15) is 17.0 Å². The summed E-state index contributed by atoms with van der Waals surface area (Å²) in [7, 11) is 0. The number of hydrogen-bond donors (Lipinski definition) is 2. The molecule has 0 bridgehead atoms. The SMILES string of the molecule is O=C(c1oc2ccncc2c1Nc1ccc(I)cc1F)N1CC[C@@H](O)C1. The van der Waals surface area contributed by atoms with Gasteiger partial charge >= 0.3 is 0 Å². The molecule has 0 radical (unpaired) electrons. The number of carbonyl (C=O) groups is 1. The number of hydrogen-bond acceptors (Lipinski definition) is 5. The largest absolute Gasteiger partial charge is 0.448 e. The average Bonchev–Trinajstić information content (AvgIpc) is 3.21. The molecule has 134 valence electrons. The Morgan fingerprint density at radius 3 is 3.00 bits per heavy atom. The number of furan rings is 1. The lowest BCUT2D eigenvalue weighted by atomic mass is 10.2. The summed E-state index contributed by atoms with van der Waals surface area (Å²) >= 11 is 2.03. The highest BCUT2D eigenvalue weighted by atomic mass is 127. The number of pyridine rings is 1. The van der Waals surface area contributed by atoms with E-state index in [4.69, 9.17) is 4.42 Å². The molecular weight excluding hydrogens is 452 g/mol. The van der Waals surface area contributed by atoms with Crippen LogP contribution >= 0.6 is 22.6 Å². The molecule has 3 aromatic rings. The number of anilines is 2. The van der Waals surface area contributed by atoms with Gasteiger partial charge in [-0.05, 0) is 53.3 Å². The first-order chi connectivity index (χ1) is 12.5. The van der Waals surface area contributed by atoms with Crippen LogP contribution < -0.4 is 5.32 Å². The maximum absolute atomic E-state index is 14.3. The van der Waals surface area contributed by atoms with E-state index in [0.29, 0.717) is 29.6 Å². The third-order valence-electron chi connectivity index (χ3n) is 4.33. The first kappa shape index (κ1) is 17.2. The number of rotatable bonds is 3. The van der Waals surface area contributed by atoms with Crippen molar-refractivity contribution in [2.45, 2.75) is 12.5 Å². The highest BCUT2D eigenvalue weighted by Gasteiger charge is 2.30. The maximum Gasteiger partial charge on any atom is 0.291 e. The van der Waals surface area contributed by atoms with Crippen LogP contribution in [0, 0.1) is 9.39 Å². The second kappa shape index (κ2) is 6.84. The second-order valence-corrected chi connectivity index (χ2v) is 7.37. The van der Waals surface area contributed by atoms with Crippen LogP contribution in [0.5, 0.6) is 0 Å². The van der Waals surface area contributed by atoms with Crippen molar-refractivity contribution in [3.63, 3.8) is 0 Å². The van der Waals surface area contributed by atoms with E-state index in [2.05, 4.69) is 10.3 Å². The van der Waals surface area contributed by atoms with Crippen LogP contribution in [-0.2, 0) is 0 Å². The van der Waals surface area contributed by atoms with Crippen molar-refractivity contribution in [2.24, 2.45) is 0 Å². The fourth-order valence-electron chi connectivity index (χ4n) is 3.01. The molecular formula is C18H15FIN3O3. The Labute approximate surface area is 162 Å². The summed E-state index contributed by atoms with van der Waals surface area (Å²) in [5.41, 5.74) is 1.10. The first-order valence-corrected chi connectivity index (χ1v) is 9.16. The molecule has 1 amide bonds. The minimum Gasteiger partial charge on any atom is -0.448 e. The third kappa shape index (κ3) is 3.14. The summed E-state index contributed by atoms with van der Waals surface area (Å²) in [5.74, 6) is -0.684. The fraction of sp³-hybridized carbons (Fsp3) is 0.222. The van der Waals surface area contributed by atoms with E-state index >= 15 is 0 Å². The molecule has 8 heteroatoms. The van der Waals surface area contributed by atoms with E-state index in [1.165, 1.54) is 11.0 Å². The van der Waals surface area contributed by atoms with Gasteiger partial charge in [0.15, 0.2) is 0 Å². The second-order valence-electron chi connectivity index (χ2n) is 6.12. The first-order valence-electron chi connectivity index (χ1n) is 8.09. The van der Waals surface area contributed by atoms with E-state index in [9.17, 15) is 14.3 Å². The van der Waals surface area contributed by atoms with E-state index < -0.39 is 11.9 Å². The molecule has 4 rings (SSSR count). The zero-order chi connectivity index (χ0) is 18.3. The summed E-state index contributed by atoms with van der Waals surface area (Å²) in [5, 5.41) is 13.3. The normalized spacial score (nSPS) is 17.0. The van der Waals surface area contributed by atoms with Gasteiger partial charge in [0.25, 0.3) is 5.91 Å². The van der Waals surface area contributed by atoms with Gasteiger partial charge in [0, 0.05) is 29.1 Å². The van der Waals surface area contributed by atoms with Gasteiger partial charge in [-0.3, -0.25) is 9.78 Å². The molecule has 1 aliphatic heterocycles. The van der Waals surface area contributed by atoms with Gasteiger partial charge in [0.1, 0.15) is 17.1 Å². The number of carbonyl (C=O) groups excluding carboxylic acids is 1. The minimum absolute atomic E-state index is 0.0834. The van der Waals surface area contributed by atoms with Crippen molar-refractivity contribution in [3.05, 3.63) is 51.8 Å². The molecule has 6 nitrogen and oxygen atoms in total. The molecule has 1 aliphatic rings. The van der Waals surface area contributed by atoms with Crippen LogP contribution in [-0.4, -0.2) is 40.1 Å². The molecule has 2 aromatic heterocycles. The monoisotopic (exact) mass is 467 g/mol. The van der Waals surface area contributed by atoms with Crippen LogP contribution in [0.3, 0.4) is 0 Å². The van der Waals surface area contributed by atoms with Crippen molar-refractivity contribution in [1.29, 1.82) is 0 Å². The zero-order valence-corrected chi connectivity index (χ0v) is 15.7. The molecule has 1 aromatic carbocycles. The highest BCUT2D eigenvalue weighted by molar-refractivity contribution is 14.1. The molecule has 3 heterocycles. The number of nitrogens with one attached hydrogen (secondary N) is 1. The van der Waals surface area contributed by atoms with Crippen LogP contribution in [0.4, 0.5) is 15.8 Å². The summed E-state index contributed by atoms with van der Waals surface area (Å²) in [4.78, 5) is 18.5. The quantitative estimate of drug-likeness (QED) is 0.577. The lowest BCUT2D eigenvalue weighted by Gasteiger charge is -2.15. The Morgan fingerprint density at radius 1 is 1.42 bits per heavy atom. The van der Waals surface area contributed by atoms with Crippen LogP contribution in [0.25, 0.3) is 11.0 Å². The van der Waals surface area contributed by atoms with Gasteiger partial charge in [-0.1, -0.05) is 0 Å². The van der Waals surface area contributed by atoms with E-state index in [1.807, 2.05) is 22.6 Å². The standard InChI is InChI=1S/C18H15FIN3O3/c19-13-7-10(20)1-2-14(13)22-16-12-8-21-5-3-15(12)26-17(16)18(25)23-6-4-11(24)9-23/h1-3,5,7-8,11,22,24H,4,6,9H2/t11-/m1/s1. The average molecular weight is 467 g/mol. The number of aliphatic hydroxyl groups is 1. The lowest BCUT2D eigenvalue weighted by molar-refractivity contribution is 0.0737. The van der Waals surface area contributed by atoms with Crippen molar-refractivity contribution in [3.8, 4) is 0 Å². The van der Waals surface area contributed by atoms with Crippen molar-refractivity contribution in [2.75, 3.05) is 18.4 Å². The molecule has 0 unspecified atom stereocenters. The Kier molecular flexibility index (Phi) is 4.53. The zero-order valence-electron chi connectivity index (χ0n) is 13.6. The van der Waals surface area contributed by atoms with Gasteiger partial charge in [-0.15, -0.1) is 0 Å². The number of β-amino-alcohol motifs (C(OH)–C–C–N with tert-alkyl or cyclic N) is 1. The van der Waals surface area contributed by atoms with Crippen molar-refractivity contribution < 1.29 is 18.7 Å². The minimum atomic E-state index is -0.532. The van der Waals surface area contributed by atoms with Gasteiger partial charge in [0.2, 0.25) is 5.76 Å². The topological polar surface area (TPSA) is 78.6 Å². The predicted molar refractivity (Wildman–Crippen MR) is 103 cm³/mol. The number of amides is 1. The highest BCUT2D eigenvalue weighted by Crippen LogP contribution is 2.35. The summed E-state index contributed by atoms with van der Waals surface area (Å²) < 4.78 is 20.8. The molecule has 0 saturated carbocycles. The Hall–Kier alpha value is -2.20. The maximum atomic E-state index is 14.3. The molecule has 0 spiro atoms. The smallest absolute Gasteiger partial charge is 0.291 e. The number of fused-ring (bicyclic) bond motifs is 1. The number of aromatic nitrogens is 1. The third-order valence-corrected chi connectivity index (χ3v) is 5.00. The number of likely N-dealkylation sites (tertiary alicyclic amines) is 1. The molecule has 26 heavy (non-hydrogen) atoms. The van der Waals surface area contributed by atoms with E-state index in [-0.39, 0.29) is 23.9 Å². The molecule has 0 aliphatic carbocycles. The van der Waals surface area contributed by atoms with Gasteiger partial charge < -0.3 is 19.7 Å². The van der Waals surface area contributed by atoms with Gasteiger partial charge in [-0.25, -0.2) is 4.39 Å². The van der Waals surface area contributed by atoms with E-state index in [1.54, 1.807) is 30.6 Å². The summed E-state index contributed by atoms with van der Waals surface area (Å²) in [6.07, 6.45) is 3.13. The molecule has 1 saturated heterocycles. The number of halogens is 2. The van der Waals surface area contributed by atoms with Crippen molar-refractivity contribution in [1.82, 2.24) is 9.88 Å². The Balaban J connectivity index is 1.78. The van der Waals surface area contributed by atoms with Crippen LogP contribution in [0.15, 0.2) is 41.1 Å². The fourth-order valence-corrected chi connectivity index (χ4v) is 3.47.